The molecule has 1 amide bonds. The van der Waals surface area contributed by atoms with E-state index in [-0.39, 0.29) is 18.1 Å². The van der Waals surface area contributed by atoms with Crippen molar-refractivity contribution >= 4 is 5.91 Å². The number of rotatable bonds is 5. The highest BCUT2D eigenvalue weighted by molar-refractivity contribution is 5.78. The average molecular weight is 347 g/mol. The van der Waals surface area contributed by atoms with Crippen molar-refractivity contribution in [2.45, 2.75) is 38.9 Å². The van der Waals surface area contributed by atoms with Crippen molar-refractivity contribution in [1.82, 2.24) is 14.8 Å². The summed E-state index contributed by atoms with van der Waals surface area (Å²) in [5.41, 5.74) is 0. The molecule has 3 rings (SSSR count). The summed E-state index contributed by atoms with van der Waals surface area (Å²) >= 11 is 0. The molecule has 25 heavy (non-hydrogen) atoms. The zero-order valence-corrected chi connectivity index (χ0v) is 15.3. The molecule has 0 aliphatic carbocycles. The molecule has 0 N–H and O–H groups in total. The second kappa shape index (κ2) is 8.63. The van der Waals surface area contributed by atoms with Gasteiger partial charge < -0.3 is 14.4 Å². The summed E-state index contributed by atoms with van der Waals surface area (Å²) in [4.78, 5) is 21.0. The molecule has 138 valence electrons. The number of aromatic nitrogens is 1. The number of carbonyl (C=O) groups excluding carboxylic acids is 1. The number of morpholine rings is 1. The lowest BCUT2D eigenvalue weighted by Gasteiger charge is -2.37. The zero-order chi connectivity index (χ0) is 17.6. The van der Waals surface area contributed by atoms with E-state index in [2.05, 4.69) is 9.88 Å². The lowest BCUT2D eigenvalue weighted by Crippen LogP contribution is -2.51. The number of carbonyl (C=O) groups is 1. The van der Waals surface area contributed by atoms with E-state index in [9.17, 15) is 4.79 Å². The summed E-state index contributed by atoms with van der Waals surface area (Å²) in [6.07, 6.45) is 4.13. The van der Waals surface area contributed by atoms with Gasteiger partial charge in [0.2, 0.25) is 11.8 Å². The highest BCUT2D eigenvalue weighted by Gasteiger charge is 2.28. The Morgan fingerprint density at radius 1 is 1.24 bits per heavy atom. The third-order valence-electron chi connectivity index (χ3n) is 4.94. The standard InChI is InChI=1S/C19H29N3O3/c1-15-11-22(12-16(2)25-15)19(23)13-21-9-6-17(7-10-21)14-24-18-5-3-4-8-20-18/h3-5,8,15-17H,6-7,9-14H2,1-2H3. The molecule has 0 spiro atoms. The fourth-order valence-corrected chi connectivity index (χ4v) is 3.62. The minimum Gasteiger partial charge on any atom is -0.477 e. The molecule has 0 bridgehead atoms. The maximum Gasteiger partial charge on any atom is 0.236 e. The van der Waals surface area contributed by atoms with Gasteiger partial charge in [-0.05, 0) is 51.8 Å². The molecule has 6 heteroatoms. The molecule has 6 nitrogen and oxygen atoms in total. The molecule has 2 fully saturated rings. The number of hydrogen-bond donors (Lipinski definition) is 0. The Morgan fingerprint density at radius 2 is 1.96 bits per heavy atom. The molecule has 2 atom stereocenters. The monoisotopic (exact) mass is 347 g/mol. The van der Waals surface area contributed by atoms with E-state index in [0.717, 1.165) is 25.9 Å². The van der Waals surface area contributed by atoms with E-state index in [1.165, 1.54) is 0 Å². The Morgan fingerprint density at radius 3 is 2.60 bits per heavy atom. The Hall–Kier alpha value is -1.66. The van der Waals surface area contributed by atoms with Crippen LogP contribution in [0.4, 0.5) is 0 Å². The van der Waals surface area contributed by atoms with E-state index in [0.29, 0.717) is 38.0 Å². The molecule has 0 aromatic carbocycles. The number of likely N-dealkylation sites (tertiary alicyclic amines) is 1. The predicted octanol–water partition coefficient (Wildman–Crippen LogP) is 1.81. The van der Waals surface area contributed by atoms with Gasteiger partial charge in [-0.1, -0.05) is 6.07 Å². The third-order valence-corrected chi connectivity index (χ3v) is 4.94. The SMILES string of the molecule is CC1CN(C(=O)CN2CCC(COc3ccccn3)CC2)CC(C)O1. The number of piperidine rings is 1. The predicted molar refractivity (Wildman–Crippen MR) is 95.5 cm³/mol. The van der Waals surface area contributed by atoms with Gasteiger partial charge >= 0.3 is 0 Å². The Balaban J connectivity index is 1.38. The van der Waals surface area contributed by atoms with Crippen molar-refractivity contribution < 1.29 is 14.3 Å². The number of pyridine rings is 1. The average Bonchev–Trinajstić information content (AvgIpc) is 2.61. The Bertz CT molecular complexity index is 536. The maximum absolute atomic E-state index is 12.5. The molecule has 2 aliphatic rings. The smallest absolute Gasteiger partial charge is 0.236 e. The van der Waals surface area contributed by atoms with Gasteiger partial charge in [-0.2, -0.15) is 0 Å². The van der Waals surface area contributed by atoms with Crippen LogP contribution in [-0.4, -0.2) is 72.2 Å². The molecule has 2 saturated heterocycles. The fourth-order valence-electron chi connectivity index (χ4n) is 3.62. The molecule has 2 unspecified atom stereocenters. The summed E-state index contributed by atoms with van der Waals surface area (Å²) in [7, 11) is 0. The van der Waals surface area contributed by atoms with Crippen LogP contribution in [0.5, 0.6) is 5.88 Å². The van der Waals surface area contributed by atoms with Crippen LogP contribution in [0.15, 0.2) is 24.4 Å². The van der Waals surface area contributed by atoms with Crippen molar-refractivity contribution in [3.63, 3.8) is 0 Å². The summed E-state index contributed by atoms with van der Waals surface area (Å²) in [5.74, 6) is 1.46. The summed E-state index contributed by atoms with van der Waals surface area (Å²) in [6, 6.07) is 5.71. The lowest BCUT2D eigenvalue weighted by molar-refractivity contribution is -0.144. The molecule has 2 aliphatic heterocycles. The van der Waals surface area contributed by atoms with Crippen LogP contribution in [0, 0.1) is 5.92 Å². The Kier molecular flexibility index (Phi) is 6.26. The van der Waals surface area contributed by atoms with Crippen LogP contribution in [0.1, 0.15) is 26.7 Å². The molecule has 0 saturated carbocycles. The van der Waals surface area contributed by atoms with Crippen LogP contribution >= 0.6 is 0 Å². The second-order valence-electron chi connectivity index (χ2n) is 7.25. The van der Waals surface area contributed by atoms with Crippen molar-refractivity contribution in [1.29, 1.82) is 0 Å². The van der Waals surface area contributed by atoms with Gasteiger partial charge in [-0.15, -0.1) is 0 Å². The first-order valence-electron chi connectivity index (χ1n) is 9.29. The first kappa shape index (κ1) is 18.1. The van der Waals surface area contributed by atoms with Crippen molar-refractivity contribution in [2.75, 3.05) is 39.3 Å². The quantitative estimate of drug-likeness (QED) is 0.813. The Labute approximate surface area is 150 Å². The summed E-state index contributed by atoms with van der Waals surface area (Å²) in [6.45, 7) is 8.61. The maximum atomic E-state index is 12.5. The van der Waals surface area contributed by atoms with E-state index < -0.39 is 0 Å². The van der Waals surface area contributed by atoms with Gasteiger partial charge in [0, 0.05) is 25.4 Å². The minimum absolute atomic E-state index is 0.127. The van der Waals surface area contributed by atoms with E-state index in [4.69, 9.17) is 9.47 Å². The van der Waals surface area contributed by atoms with Crippen LogP contribution in [0.25, 0.3) is 0 Å². The molecule has 0 radical (unpaired) electrons. The van der Waals surface area contributed by atoms with E-state index >= 15 is 0 Å². The lowest BCUT2D eigenvalue weighted by atomic mass is 9.98. The first-order chi connectivity index (χ1) is 12.1. The largest absolute Gasteiger partial charge is 0.477 e. The van der Waals surface area contributed by atoms with Gasteiger partial charge in [0.1, 0.15) is 0 Å². The first-order valence-corrected chi connectivity index (χ1v) is 9.29. The van der Waals surface area contributed by atoms with Crippen LogP contribution < -0.4 is 4.74 Å². The molecular formula is C19H29N3O3. The normalized spacial score (nSPS) is 25.8. The van der Waals surface area contributed by atoms with Gasteiger partial charge in [0.05, 0.1) is 25.4 Å². The van der Waals surface area contributed by atoms with Crippen molar-refractivity contribution in [3.8, 4) is 5.88 Å². The topological polar surface area (TPSA) is 54.9 Å². The molecule has 1 aromatic rings. The van der Waals surface area contributed by atoms with Gasteiger partial charge in [0.15, 0.2) is 0 Å². The van der Waals surface area contributed by atoms with Gasteiger partial charge in [-0.3, -0.25) is 9.69 Å². The number of nitrogens with zero attached hydrogens (tertiary/aromatic N) is 3. The third kappa shape index (κ3) is 5.41. The molecule has 3 heterocycles. The fraction of sp³-hybridized carbons (Fsp3) is 0.684. The number of hydrogen-bond acceptors (Lipinski definition) is 5. The minimum atomic E-state index is 0.127. The van der Waals surface area contributed by atoms with Crippen LogP contribution in [0.2, 0.25) is 0 Å². The number of ether oxygens (including phenoxy) is 2. The highest BCUT2D eigenvalue weighted by Crippen LogP contribution is 2.19. The van der Waals surface area contributed by atoms with Crippen molar-refractivity contribution in [3.05, 3.63) is 24.4 Å². The zero-order valence-electron chi connectivity index (χ0n) is 15.3. The van der Waals surface area contributed by atoms with E-state index in [1.54, 1.807) is 6.20 Å². The van der Waals surface area contributed by atoms with Crippen LogP contribution in [-0.2, 0) is 9.53 Å². The van der Waals surface area contributed by atoms with E-state index in [1.807, 2.05) is 36.9 Å². The number of amides is 1. The van der Waals surface area contributed by atoms with Gasteiger partial charge in [0.25, 0.3) is 0 Å². The highest BCUT2D eigenvalue weighted by atomic mass is 16.5. The second-order valence-corrected chi connectivity index (χ2v) is 7.25. The summed E-state index contributed by atoms with van der Waals surface area (Å²) < 4.78 is 11.5. The molecule has 1 aromatic heterocycles. The van der Waals surface area contributed by atoms with Crippen molar-refractivity contribution in [2.24, 2.45) is 5.92 Å². The summed E-state index contributed by atoms with van der Waals surface area (Å²) in [5, 5.41) is 0. The molecular weight excluding hydrogens is 318 g/mol. The van der Waals surface area contributed by atoms with Crippen LogP contribution in [0.3, 0.4) is 0 Å². The van der Waals surface area contributed by atoms with Gasteiger partial charge in [-0.25, -0.2) is 4.98 Å².